The minimum Gasteiger partial charge on any atom is -0.373 e. The van der Waals surface area contributed by atoms with E-state index in [4.69, 9.17) is 4.74 Å². The Balaban J connectivity index is 1.98. The smallest absolute Gasteiger partial charge is 0.0835 e. The fraction of sp³-hybridized carbons (Fsp3) is 1.00. The van der Waals surface area contributed by atoms with Gasteiger partial charge in [0.25, 0.3) is 0 Å². The molecule has 0 aromatic heterocycles. The summed E-state index contributed by atoms with van der Waals surface area (Å²) in [5, 5.41) is 3.37. The van der Waals surface area contributed by atoms with Gasteiger partial charge in [-0.1, -0.05) is 0 Å². The molecule has 76 valence electrons. The van der Waals surface area contributed by atoms with Crippen LogP contribution in [0.1, 0.15) is 19.3 Å². The maximum absolute atomic E-state index is 5.95. The molecule has 2 aliphatic rings. The molecular weight excluding hydrogens is 164 g/mol. The predicted molar refractivity (Wildman–Crippen MR) is 52.9 cm³/mol. The van der Waals surface area contributed by atoms with Crippen molar-refractivity contribution in [2.45, 2.75) is 30.9 Å². The molecular formula is C10H20N2O. The van der Waals surface area contributed by atoms with Crippen LogP contribution in [0.2, 0.25) is 0 Å². The second kappa shape index (κ2) is 3.56. The van der Waals surface area contributed by atoms with E-state index in [1.165, 1.54) is 25.8 Å². The Morgan fingerprint density at radius 3 is 3.00 bits per heavy atom. The molecule has 1 N–H and O–H groups in total. The first-order chi connectivity index (χ1) is 6.24. The SMILES string of the molecule is CNC1CCOC2(CCN(C)C2)C1. The van der Waals surface area contributed by atoms with Crippen LogP contribution in [0.25, 0.3) is 0 Å². The average Bonchev–Trinajstić information content (AvgIpc) is 2.47. The zero-order valence-electron chi connectivity index (χ0n) is 8.68. The Morgan fingerprint density at radius 2 is 2.38 bits per heavy atom. The Labute approximate surface area is 80.4 Å². The van der Waals surface area contributed by atoms with E-state index in [1.54, 1.807) is 0 Å². The topological polar surface area (TPSA) is 24.5 Å². The van der Waals surface area contributed by atoms with Crippen molar-refractivity contribution in [3.63, 3.8) is 0 Å². The van der Waals surface area contributed by atoms with Crippen molar-refractivity contribution in [1.29, 1.82) is 0 Å². The third-order valence-corrected chi connectivity index (χ3v) is 3.41. The fourth-order valence-electron chi connectivity index (χ4n) is 2.60. The number of likely N-dealkylation sites (N-methyl/N-ethyl adjacent to an activating group) is 1. The largest absolute Gasteiger partial charge is 0.373 e. The molecule has 0 radical (unpaired) electrons. The summed E-state index contributed by atoms with van der Waals surface area (Å²) in [6.45, 7) is 3.24. The minimum atomic E-state index is 0.181. The second-order valence-electron chi connectivity index (χ2n) is 4.50. The number of likely N-dealkylation sites (tertiary alicyclic amines) is 1. The van der Waals surface area contributed by atoms with Crippen LogP contribution in [-0.4, -0.2) is 50.3 Å². The summed E-state index contributed by atoms with van der Waals surface area (Å²) in [5.41, 5.74) is 0.181. The van der Waals surface area contributed by atoms with Crippen molar-refractivity contribution < 1.29 is 4.74 Å². The Morgan fingerprint density at radius 1 is 1.54 bits per heavy atom. The molecule has 3 heteroatoms. The van der Waals surface area contributed by atoms with Crippen molar-refractivity contribution >= 4 is 0 Å². The van der Waals surface area contributed by atoms with Gasteiger partial charge in [0, 0.05) is 25.7 Å². The molecule has 0 aromatic carbocycles. The average molecular weight is 184 g/mol. The summed E-state index contributed by atoms with van der Waals surface area (Å²) in [6, 6.07) is 0.667. The van der Waals surface area contributed by atoms with Gasteiger partial charge in [-0.05, 0) is 33.4 Å². The quantitative estimate of drug-likeness (QED) is 0.641. The number of nitrogens with zero attached hydrogens (tertiary/aromatic N) is 1. The molecule has 2 heterocycles. The number of nitrogens with one attached hydrogen (secondary N) is 1. The lowest BCUT2D eigenvalue weighted by atomic mass is 9.90. The molecule has 13 heavy (non-hydrogen) atoms. The van der Waals surface area contributed by atoms with E-state index in [9.17, 15) is 0 Å². The summed E-state index contributed by atoms with van der Waals surface area (Å²) in [4.78, 5) is 2.37. The summed E-state index contributed by atoms with van der Waals surface area (Å²) in [7, 11) is 4.24. The summed E-state index contributed by atoms with van der Waals surface area (Å²) in [5.74, 6) is 0. The second-order valence-corrected chi connectivity index (χ2v) is 4.50. The van der Waals surface area contributed by atoms with E-state index >= 15 is 0 Å². The molecule has 1 spiro atoms. The van der Waals surface area contributed by atoms with Gasteiger partial charge < -0.3 is 15.0 Å². The zero-order valence-corrected chi connectivity index (χ0v) is 8.68. The normalized spacial score (nSPS) is 41.5. The van der Waals surface area contributed by atoms with E-state index in [1.807, 2.05) is 0 Å². The lowest BCUT2D eigenvalue weighted by molar-refractivity contribution is -0.0784. The first-order valence-electron chi connectivity index (χ1n) is 5.24. The molecule has 2 aliphatic heterocycles. The molecule has 2 saturated heterocycles. The van der Waals surface area contributed by atoms with Gasteiger partial charge in [-0.15, -0.1) is 0 Å². The van der Waals surface area contributed by atoms with Gasteiger partial charge in [0.15, 0.2) is 0 Å². The highest BCUT2D eigenvalue weighted by atomic mass is 16.5. The molecule has 2 atom stereocenters. The maximum atomic E-state index is 5.95. The third-order valence-electron chi connectivity index (χ3n) is 3.41. The van der Waals surface area contributed by atoms with Crippen LogP contribution in [0, 0.1) is 0 Å². The van der Waals surface area contributed by atoms with Crippen LogP contribution in [0.5, 0.6) is 0 Å². The van der Waals surface area contributed by atoms with Crippen LogP contribution in [-0.2, 0) is 4.74 Å². The molecule has 2 rings (SSSR count). The fourth-order valence-corrected chi connectivity index (χ4v) is 2.60. The summed E-state index contributed by atoms with van der Waals surface area (Å²) >= 11 is 0. The molecule has 2 fully saturated rings. The molecule has 0 saturated carbocycles. The van der Waals surface area contributed by atoms with E-state index in [-0.39, 0.29) is 5.60 Å². The van der Waals surface area contributed by atoms with E-state index in [0.717, 1.165) is 13.2 Å². The highest BCUT2D eigenvalue weighted by Crippen LogP contribution is 2.33. The molecule has 0 aliphatic carbocycles. The highest BCUT2D eigenvalue weighted by molar-refractivity contribution is 4.96. The van der Waals surface area contributed by atoms with Crippen molar-refractivity contribution in [3.05, 3.63) is 0 Å². The monoisotopic (exact) mass is 184 g/mol. The van der Waals surface area contributed by atoms with Crippen molar-refractivity contribution in [2.24, 2.45) is 0 Å². The van der Waals surface area contributed by atoms with E-state index in [0.29, 0.717) is 6.04 Å². The molecule has 2 unspecified atom stereocenters. The summed E-state index contributed by atoms with van der Waals surface area (Å²) in [6.07, 6.45) is 3.57. The lowest BCUT2D eigenvalue weighted by Gasteiger charge is -2.38. The van der Waals surface area contributed by atoms with Crippen LogP contribution in [0.15, 0.2) is 0 Å². The number of hydrogen-bond acceptors (Lipinski definition) is 3. The Hall–Kier alpha value is -0.120. The first kappa shape index (κ1) is 9.44. The van der Waals surface area contributed by atoms with Gasteiger partial charge in [0.2, 0.25) is 0 Å². The maximum Gasteiger partial charge on any atom is 0.0835 e. The number of ether oxygens (including phenoxy) is 1. The lowest BCUT2D eigenvalue weighted by Crippen LogP contribution is -2.47. The molecule has 0 bridgehead atoms. The molecule has 0 amide bonds. The number of hydrogen-bond donors (Lipinski definition) is 1. The van der Waals surface area contributed by atoms with Crippen molar-refractivity contribution in [1.82, 2.24) is 10.2 Å². The Bertz CT molecular complexity index is 182. The number of rotatable bonds is 1. The van der Waals surface area contributed by atoms with Crippen LogP contribution in [0.3, 0.4) is 0 Å². The van der Waals surface area contributed by atoms with Crippen LogP contribution >= 0.6 is 0 Å². The van der Waals surface area contributed by atoms with Gasteiger partial charge in [0.1, 0.15) is 0 Å². The van der Waals surface area contributed by atoms with Crippen LogP contribution in [0.4, 0.5) is 0 Å². The van der Waals surface area contributed by atoms with Gasteiger partial charge in [-0.2, -0.15) is 0 Å². The third kappa shape index (κ3) is 1.87. The Kier molecular flexibility index (Phi) is 2.58. The van der Waals surface area contributed by atoms with Gasteiger partial charge >= 0.3 is 0 Å². The first-order valence-corrected chi connectivity index (χ1v) is 5.24. The van der Waals surface area contributed by atoms with E-state index in [2.05, 4.69) is 24.3 Å². The highest BCUT2D eigenvalue weighted by Gasteiger charge is 2.41. The minimum absolute atomic E-state index is 0.181. The molecule has 0 aromatic rings. The van der Waals surface area contributed by atoms with Gasteiger partial charge in [-0.3, -0.25) is 0 Å². The summed E-state index contributed by atoms with van der Waals surface area (Å²) < 4.78 is 5.95. The van der Waals surface area contributed by atoms with E-state index < -0.39 is 0 Å². The molecule has 3 nitrogen and oxygen atoms in total. The van der Waals surface area contributed by atoms with Gasteiger partial charge in [-0.25, -0.2) is 0 Å². The van der Waals surface area contributed by atoms with Gasteiger partial charge in [0.05, 0.1) is 5.60 Å². The predicted octanol–water partition coefficient (Wildman–Crippen LogP) is 0.459. The van der Waals surface area contributed by atoms with Crippen molar-refractivity contribution in [3.8, 4) is 0 Å². The van der Waals surface area contributed by atoms with Crippen LogP contribution < -0.4 is 5.32 Å². The standard InChI is InChI=1S/C10H20N2O/c1-11-9-3-6-13-10(7-9)4-5-12(2)8-10/h9,11H,3-8H2,1-2H3. The van der Waals surface area contributed by atoms with Crippen molar-refractivity contribution in [2.75, 3.05) is 33.8 Å². The zero-order chi connectivity index (χ0) is 9.31.